The minimum Gasteiger partial charge on any atom is -0.444 e. The second-order valence-electron chi connectivity index (χ2n) is 9.54. The number of aromatic nitrogens is 2. The summed E-state index contributed by atoms with van der Waals surface area (Å²) in [6.07, 6.45) is 1.62. The van der Waals surface area contributed by atoms with Gasteiger partial charge in [-0.15, -0.1) is 0 Å². The molecule has 1 saturated heterocycles. The highest BCUT2D eigenvalue weighted by atomic mass is 35.5. The quantitative estimate of drug-likeness (QED) is 0.448. The molecule has 0 atom stereocenters. The standard InChI is InChI=1S/C25H30Cl2N4O2/c1-25(2,3)33-24(32)30-12-10-17(11-13-30)15-28-23-29-21-6-4-5-7-22(21)31(23)16-18-14-19(26)8-9-20(18)27/h4-9,14,17H,10-13,15-16H2,1-3H3,(H,28,29). The fourth-order valence-electron chi connectivity index (χ4n) is 4.09. The van der Waals surface area contributed by atoms with E-state index in [1.54, 1.807) is 11.0 Å². The number of ether oxygens (including phenoxy) is 1. The maximum absolute atomic E-state index is 12.3. The van der Waals surface area contributed by atoms with Crippen molar-refractivity contribution in [3.8, 4) is 0 Å². The Bertz CT molecular complexity index is 1130. The van der Waals surface area contributed by atoms with Crippen LogP contribution in [0.1, 0.15) is 39.2 Å². The molecule has 0 radical (unpaired) electrons. The summed E-state index contributed by atoms with van der Waals surface area (Å²) in [5, 5.41) is 4.89. The first kappa shape index (κ1) is 23.7. The highest BCUT2D eigenvalue weighted by Gasteiger charge is 2.27. The molecule has 4 rings (SSSR count). The van der Waals surface area contributed by atoms with Gasteiger partial charge in [0.25, 0.3) is 0 Å². The van der Waals surface area contributed by atoms with Crippen molar-refractivity contribution in [3.63, 3.8) is 0 Å². The van der Waals surface area contributed by atoms with Gasteiger partial charge in [0.2, 0.25) is 5.95 Å². The molecule has 8 heteroatoms. The number of halogens is 2. The molecular formula is C25H30Cl2N4O2. The molecule has 6 nitrogen and oxygen atoms in total. The predicted octanol–water partition coefficient (Wildman–Crippen LogP) is 6.45. The van der Waals surface area contributed by atoms with E-state index in [1.165, 1.54) is 0 Å². The number of amides is 1. The summed E-state index contributed by atoms with van der Waals surface area (Å²) in [7, 11) is 0. The van der Waals surface area contributed by atoms with Crippen LogP contribution >= 0.6 is 23.2 Å². The van der Waals surface area contributed by atoms with Crippen LogP contribution in [0, 0.1) is 5.92 Å². The van der Waals surface area contributed by atoms with Gasteiger partial charge in [-0.25, -0.2) is 9.78 Å². The number of fused-ring (bicyclic) bond motifs is 1. The van der Waals surface area contributed by atoms with Crippen LogP contribution in [0.2, 0.25) is 10.0 Å². The molecular weight excluding hydrogens is 459 g/mol. The number of hydrogen-bond acceptors (Lipinski definition) is 4. The topological polar surface area (TPSA) is 59.4 Å². The molecule has 0 saturated carbocycles. The molecule has 3 aromatic rings. The third-order valence-electron chi connectivity index (χ3n) is 5.81. The summed E-state index contributed by atoms with van der Waals surface area (Å²) in [6, 6.07) is 13.6. The van der Waals surface area contributed by atoms with Crippen LogP contribution in [0.4, 0.5) is 10.7 Å². The van der Waals surface area contributed by atoms with E-state index >= 15 is 0 Å². The van der Waals surface area contributed by atoms with Crippen molar-refractivity contribution in [3.05, 3.63) is 58.1 Å². The SMILES string of the molecule is CC(C)(C)OC(=O)N1CCC(CNc2nc3ccccc3n2Cc2cc(Cl)ccc2Cl)CC1. The molecule has 0 spiro atoms. The van der Waals surface area contributed by atoms with Gasteiger partial charge in [0, 0.05) is 29.7 Å². The average Bonchev–Trinajstić information content (AvgIpc) is 3.11. The number of imidazole rings is 1. The van der Waals surface area contributed by atoms with Gasteiger partial charge in [0.1, 0.15) is 5.60 Å². The van der Waals surface area contributed by atoms with E-state index in [0.717, 1.165) is 41.9 Å². The number of piperidine rings is 1. The van der Waals surface area contributed by atoms with E-state index < -0.39 is 5.60 Å². The molecule has 1 fully saturated rings. The Labute approximate surface area is 204 Å². The van der Waals surface area contributed by atoms with Crippen LogP contribution in [0.25, 0.3) is 11.0 Å². The van der Waals surface area contributed by atoms with Gasteiger partial charge < -0.3 is 19.5 Å². The lowest BCUT2D eigenvalue weighted by molar-refractivity contribution is 0.0188. The Morgan fingerprint density at radius 3 is 2.61 bits per heavy atom. The molecule has 0 unspecified atom stereocenters. The van der Waals surface area contributed by atoms with Gasteiger partial charge in [-0.1, -0.05) is 35.3 Å². The minimum atomic E-state index is -0.472. The number of anilines is 1. The van der Waals surface area contributed by atoms with Gasteiger partial charge in [-0.2, -0.15) is 0 Å². The van der Waals surface area contributed by atoms with Crippen LogP contribution in [0.3, 0.4) is 0 Å². The number of likely N-dealkylation sites (tertiary alicyclic amines) is 1. The van der Waals surface area contributed by atoms with Crippen LogP contribution in [0.5, 0.6) is 0 Å². The zero-order valence-electron chi connectivity index (χ0n) is 19.3. The monoisotopic (exact) mass is 488 g/mol. The van der Waals surface area contributed by atoms with Gasteiger partial charge in [0.05, 0.1) is 17.6 Å². The Morgan fingerprint density at radius 1 is 1.15 bits per heavy atom. The zero-order valence-corrected chi connectivity index (χ0v) is 20.8. The minimum absolute atomic E-state index is 0.228. The predicted molar refractivity (Wildman–Crippen MR) is 134 cm³/mol. The molecule has 176 valence electrons. The summed E-state index contributed by atoms with van der Waals surface area (Å²) in [4.78, 5) is 18.9. The van der Waals surface area contributed by atoms with Crippen molar-refractivity contribution in [2.24, 2.45) is 5.92 Å². The van der Waals surface area contributed by atoms with Crippen LogP contribution in [-0.2, 0) is 11.3 Å². The second-order valence-corrected chi connectivity index (χ2v) is 10.4. The molecule has 2 heterocycles. The van der Waals surface area contributed by atoms with Gasteiger partial charge >= 0.3 is 6.09 Å². The molecule has 33 heavy (non-hydrogen) atoms. The lowest BCUT2D eigenvalue weighted by Gasteiger charge is -2.33. The smallest absolute Gasteiger partial charge is 0.410 e. The number of carbonyl (C=O) groups excluding carboxylic acids is 1. The van der Waals surface area contributed by atoms with Gasteiger partial charge in [-0.05, 0) is 75.4 Å². The van der Waals surface area contributed by atoms with Crippen LogP contribution in [-0.4, -0.2) is 45.8 Å². The fourth-order valence-corrected chi connectivity index (χ4v) is 4.46. The Kier molecular flexibility index (Phi) is 7.05. The molecule has 1 aliphatic heterocycles. The number of nitrogens with one attached hydrogen (secondary N) is 1. The third-order valence-corrected chi connectivity index (χ3v) is 6.41. The Hall–Kier alpha value is -2.44. The van der Waals surface area contributed by atoms with Crippen molar-refractivity contribution in [1.82, 2.24) is 14.5 Å². The first-order valence-electron chi connectivity index (χ1n) is 11.3. The van der Waals surface area contributed by atoms with Gasteiger partial charge in [0.15, 0.2) is 0 Å². The molecule has 1 amide bonds. The average molecular weight is 489 g/mol. The fraction of sp³-hybridized carbons (Fsp3) is 0.440. The van der Waals surface area contributed by atoms with Crippen molar-refractivity contribution in [2.75, 3.05) is 25.0 Å². The number of hydrogen-bond donors (Lipinski definition) is 1. The van der Waals surface area contributed by atoms with E-state index in [4.69, 9.17) is 32.9 Å². The van der Waals surface area contributed by atoms with E-state index in [1.807, 2.05) is 51.1 Å². The Morgan fingerprint density at radius 2 is 1.88 bits per heavy atom. The molecule has 1 aliphatic rings. The molecule has 0 aliphatic carbocycles. The zero-order chi connectivity index (χ0) is 23.6. The highest BCUT2D eigenvalue weighted by molar-refractivity contribution is 6.33. The summed E-state index contributed by atoms with van der Waals surface area (Å²) in [5.41, 5.74) is 2.44. The summed E-state index contributed by atoms with van der Waals surface area (Å²) in [5.74, 6) is 1.26. The van der Waals surface area contributed by atoms with E-state index in [2.05, 4.69) is 16.0 Å². The van der Waals surface area contributed by atoms with Crippen LogP contribution in [0.15, 0.2) is 42.5 Å². The maximum Gasteiger partial charge on any atom is 0.410 e. The molecule has 0 bridgehead atoms. The number of carbonyl (C=O) groups is 1. The molecule has 1 N–H and O–H groups in total. The number of benzene rings is 2. The first-order chi connectivity index (χ1) is 15.7. The van der Waals surface area contributed by atoms with Crippen LogP contribution < -0.4 is 5.32 Å². The summed E-state index contributed by atoms with van der Waals surface area (Å²) >= 11 is 12.7. The third kappa shape index (κ3) is 5.92. The van der Waals surface area contributed by atoms with E-state index in [0.29, 0.717) is 35.6 Å². The second kappa shape index (κ2) is 9.82. The summed E-state index contributed by atoms with van der Waals surface area (Å²) in [6.45, 7) is 8.44. The molecule has 1 aromatic heterocycles. The number of nitrogens with zero attached hydrogens (tertiary/aromatic N) is 3. The van der Waals surface area contributed by atoms with Crippen molar-refractivity contribution in [2.45, 2.75) is 45.8 Å². The molecule has 2 aromatic carbocycles. The number of para-hydroxylation sites is 2. The number of rotatable bonds is 5. The normalized spacial score (nSPS) is 15.1. The highest BCUT2D eigenvalue weighted by Crippen LogP contribution is 2.27. The first-order valence-corrected chi connectivity index (χ1v) is 12.1. The van der Waals surface area contributed by atoms with Gasteiger partial charge in [-0.3, -0.25) is 0 Å². The van der Waals surface area contributed by atoms with E-state index in [9.17, 15) is 4.79 Å². The summed E-state index contributed by atoms with van der Waals surface area (Å²) < 4.78 is 7.65. The maximum atomic E-state index is 12.3. The largest absolute Gasteiger partial charge is 0.444 e. The van der Waals surface area contributed by atoms with E-state index in [-0.39, 0.29) is 6.09 Å². The van der Waals surface area contributed by atoms with Crippen molar-refractivity contribution < 1.29 is 9.53 Å². The van der Waals surface area contributed by atoms with Crippen molar-refractivity contribution >= 4 is 46.3 Å². The lowest BCUT2D eigenvalue weighted by atomic mass is 9.97. The lowest BCUT2D eigenvalue weighted by Crippen LogP contribution is -2.42. The van der Waals surface area contributed by atoms with Crippen molar-refractivity contribution in [1.29, 1.82) is 0 Å². The Balaban J connectivity index is 1.44.